The van der Waals surface area contributed by atoms with Gasteiger partial charge in [-0.2, -0.15) is 8.42 Å². The van der Waals surface area contributed by atoms with Gasteiger partial charge in [0.05, 0.1) is 6.10 Å². The zero-order valence-electron chi connectivity index (χ0n) is 8.32. The van der Waals surface area contributed by atoms with Crippen molar-refractivity contribution in [3.8, 4) is 0 Å². The summed E-state index contributed by atoms with van der Waals surface area (Å²) in [6.07, 6.45) is -0.995. The standard InChI is InChI=1S/C4H11N.C3H8O4S/c1-3-5-4-2;1-3(4)2-8(5,6)7/h5H,3-4H2,1-2H3;3-4H,2H2,1H3,(H,5,6,7). The Bertz CT molecular complexity index is 187. The summed E-state index contributed by atoms with van der Waals surface area (Å²) in [5, 5.41) is 11.5. The molecule has 0 aliphatic heterocycles. The number of aliphatic hydroxyl groups excluding tert-OH is 1. The Kier molecular flexibility index (Phi) is 9.93. The molecular weight excluding hydrogens is 194 g/mol. The molecule has 0 aliphatic carbocycles. The highest BCUT2D eigenvalue weighted by Gasteiger charge is 2.07. The van der Waals surface area contributed by atoms with Gasteiger partial charge in [-0.15, -0.1) is 0 Å². The first-order valence-corrected chi connectivity index (χ1v) is 5.78. The molecule has 0 spiro atoms. The van der Waals surface area contributed by atoms with E-state index in [9.17, 15) is 8.42 Å². The lowest BCUT2D eigenvalue weighted by Gasteiger charge is -1.97. The average molecular weight is 213 g/mol. The highest BCUT2D eigenvalue weighted by molar-refractivity contribution is 7.85. The molecule has 82 valence electrons. The van der Waals surface area contributed by atoms with Gasteiger partial charge in [-0.1, -0.05) is 13.8 Å². The third-order valence-electron chi connectivity index (χ3n) is 0.952. The van der Waals surface area contributed by atoms with E-state index in [1.165, 1.54) is 6.92 Å². The van der Waals surface area contributed by atoms with Gasteiger partial charge in [0.1, 0.15) is 5.75 Å². The summed E-state index contributed by atoms with van der Waals surface area (Å²) in [7, 11) is -3.97. The normalized spacial score (nSPS) is 13.0. The van der Waals surface area contributed by atoms with Gasteiger partial charge in [0.25, 0.3) is 10.1 Å². The number of hydrogen-bond acceptors (Lipinski definition) is 4. The van der Waals surface area contributed by atoms with Crippen molar-refractivity contribution in [3.05, 3.63) is 0 Å². The van der Waals surface area contributed by atoms with Crippen LogP contribution in [0.4, 0.5) is 0 Å². The Morgan fingerprint density at radius 1 is 1.31 bits per heavy atom. The highest BCUT2D eigenvalue weighted by atomic mass is 32.2. The van der Waals surface area contributed by atoms with Gasteiger partial charge in [-0.25, -0.2) is 0 Å². The van der Waals surface area contributed by atoms with Crippen LogP contribution in [0.5, 0.6) is 0 Å². The maximum absolute atomic E-state index is 9.84. The Morgan fingerprint density at radius 3 is 1.69 bits per heavy atom. The minimum Gasteiger partial charge on any atom is -0.392 e. The second-order valence-electron chi connectivity index (χ2n) is 2.55. The van der Waals surface area contributed by atoms with E-state index in [-0.39, 0.29) is 0 Å². The second kappa shape index (κ2) is 8.43. The molecule has 0 amide bonds. The molecule has 0 aliphatic rings. The first-order chi connectivity index (χ1) is 5.83. The Morgan fingerprint density at radius 2 is 1.69 bits per heavy atom. The molecule has 3 N–H and O–H groups in total. The molecular formula is C7H19NO4S. The van der Waals surface area contributed by atoms with Crippen LogP contribution in [-0.2, 0) is 10.1 Å². The lowest BCUT2D eigenvalue weighted by atomic mass is 10.5. The second-order valence-corrected chi connectivity index (χ2v) is 4.05. The minimum absolute atomic E-state index is 0.590. The third kappa shape index (κ3) is 24.5. The smallest absolute Gasteiger partial charge is 0.267 e. The molecule has 0 aromatic rings. The van der Waals surface area contributed by atoms with Crippen molar-refractivity contribution < 1.29 is 18.1 Å². The summed E-state index contributed by atoms with van der Waals surface area (Å²) in [5.74, 6) is -0.590. The lowest BCUT2D eigenvalue weighted by Crippen LogP contribution is -2.16. The van der Waals surface area contributed by atoms with Crippen molar-refractivity contribution in [2.45, 2.75) is 26.9 Å². The van der Waals surface area contributed by atoms with Crippen LogP contribution < -0.4 is 5.32 Å². The van der Waals surface area contributed by atoms with Gasteiger partial charge in [0, 0.05) is 0 Å². The first-order valence-electron chi connectivity index (χ1n) is 4.17. The molecule has 13 heavy (non-hydrogen) atoms. The van der Waals surface area contributed by atoms with Crippen LogP contribution >= 0.6 is 0 Å². The molecule has 1 unspecified atom stereocenters. The topological polar surface area (TPSA) is 86.6 Å². The van der Waals surface area contributed by atoms with Crippen molar-refractivity contribution in [1.82, 2.24) is 5.32 Å². The maximum Gasteiger partial charge on any atom is 0.267 e. The molecule has 5 nitrogen and oxygen atoms in total. The van der Waals surface area contributed by atoms with E-state index in [2.05, 4.69) is 19.2 Å². The Hall–Kier alpha value is -0.170. The maximum atomic E-state index is 9.84. The number of hydrogen-bond donors (Lipinski definition) is 3. The van der Waals surface area contributed by atoms with Crippen LogP contribution in [0.25, 0.3) is 0 Å². The lowest BCUT2D eigenvalue weighted by molar-refractivity contribution is 0.215. The zero-order chi connectivity index (χ0) is 10.9. The van der Waals surface area contributed by atoms with E-state index in [0.29, 0.717) is 0 Å². The summed E-state index contributed by atoms with van der Waals surface area (Å²) < 4.78 is 27.7. The van der Waals surface area contributed by atoms with Crippen molar-refractivity contribution >= 4 is 10.1 Å². The quantitative estimate of drug-likeness (QED) is 0.566. The molecule has 1 atom stereocenters. The summed E-state index contributed by atoms with van der Waals surface area (Å²) in [5.41, 5.74) is 0. The van der Waals surface area contributed by atoms with Crippen LogP contribution in [0.1, 0.15) is 20.8 Å². The molecule has 0 fully saturated rings. The minimum atomic E-state index is -3.97. The predicted molar refractivity (Wildman–Crippen MR) is 52.3 cm³/mol. The number of aliphatic hydroxyl groups is 1. The van der Waals surface area contributed by atoms with Crippen LogP contribution in [0.2, 0.25) is 0 Å². The van der Waals surface area contributed by atoms with E-state index in [4.69, 9.17) is 9.66 Å². The fraction of sp³-hybridized carbons (Fsp3) is 1.00. The van der Waals surface area contributed by atoms with Crippen molar-refractivity contribution in [1.29, 1.82) is 0 Å². The molecule has 0 aromatic carbocycles. The van der Waals surface area contributed by atoms with Gasteiger partial charge in [-0.3, -0.25) is 4.55 Å². The third-order valence-corrected chi connectivity index (χ3v) is 1.86. The Balaban J connectivity index is 0. The molecule has 0 heterocycles. The Labute approximate surface area is 79.9 Å². The number of rotatable bonds is 4. The summed E-state index contributed by atoms with van der Waals surface area (Å²) in [6, 6.07) is 0. The van der Waals surface area contributed by atoms with Gasteiger partial charge in [-0.05, 0) is 20.0 Å². The van der Waals surface area contributed by atoms with E-state index in [1.54, 1.807) is 0 Å². The summed E-state index contributed by atoms with van der Waals surface area (Å²) >= 11 is 0. The zero-order valence-corrected chi connectivity index (χ0v) is 9.13. The largest absolute Gasteiger partial charge is 0.392 e. The van der Waals surface area contributed by atoms with Crippen LogP contribution in [0, 0.1) is 0 Å². The van der Waals surface area contributed by atoms with Crippen molar-refractivity contribution in [3.63, 3.8) is 0 Å². The van der Waals surface area contributed by atoms with Crippen molar-refractivity contribution in [2.75, 3.05) is 18.8 Å². The molecule has 0 aromatic heterocycles. The molecule has 0 saturated heterocycles. The van der Waals surface area contributed by atoms with E-state index in [1.807, 2.05) is 0 Å². The van der Waals surface area contributed by atoms with E-state index >= 15 is 0 Å². The number of nitrogens with one attached hydrogen (secondary N) is 1. The fourth-order valence-electron chi connectivity index (χ4n) is 0.555. The van der Waals surface area contributed by atoms with Gasteiger partial charge < -0.3 is 10.4 Å². The monoisotopic (exact) mass is 213 g/mol. The van der Waals surface area contributed by atoms with Gasteiger partial charge >= 0.3 is 0 Å². The van der Waals surface area contributed by atoms with E-state index in [0.717, 1.165) is 13.1 Å². The summed E-state index contributed by atoms with van der Waals surface area (Å²) in [4.78, 5) is 0. The van der Waals surface area contributed by atoms with Crippen LogP contribution in [-0.4, -0.2) is 43.0 Å². The highest BCUT2D eigenvalue weighted by Crippen LogP contribution is 1.86. The van der Waals surface area contributed by atoms with Crippen molar-refractivity contribution in [2.24, 2.45) is 0 Å². The summed E-state index contributed by atoms with van der Waals surface area (Å²) in [6.45, 7) is 7.67. The SMILES string of the molecule is CC(O)CS(=O)(=O)O.CCNCC. The molecule has 0 bridgehead atoms. The fourth-order valence-corrected chi connectivity index (χ4v) is 1.16. The molecule has 0 saturated carbocycles. The average Bonchev–Trinajstić information content (AvgIpc) is 1.84. The van der Waals surface area contributed by atoms with Gasteiger partial charge in [0.2, 0.25) is 0 Å². The van der Waals surface area contributed by atoms with Gasteiger partial charge in [0.15, 0.2) is 0 Å². The molecule has 6 heteroatoms. The predicted octanol–water partition coefficient (Wildman–Crippen LogP) is -0.129. The van der Waals surface area contributed by atoms with E-state index < -0.39 is 22.0 Å². The first kappa shape index (κ1) is 15.3. The molecule has 0 radical (unpaired) electrons. The van der Waals surface area contributed by atoms with Crippen LogP contribution in [0.3, 0.4) is 0 Å². The van der Waals surface area contributed by atoms with Crippen LogP contribution in [0.15, 0.2) is 0 Å². The molecule has 0 rings (SSSR count).